The monoisotopic (exact) mass is 448 g/mol. The Labute approximate surface area is 173 Å². The average molecular weight is 449 g/mol. The highest BCUT2D eigenvalue weighted by molar-refractivity contribution is 9.10. The van der Waals surface area contributed by atoms with Gasteiger partial charge in [0.2, 0.25) is 5.91 Å². The molecule has 0 fully saturated rings. The Morgan fingerprint density at radius 1 is 1.37 bits per heavy atom. The van der Waals surface area contributed by atoms with Crippen LogP contribution < -0.4 is 0 Å². The smallest absolute Gasteiger partial charge is 0.236 e. The molecule has 1 aromatic heterocycles. The molecule has 1 atom stereocenters. The van der Waals surface area contributed by atoms with E-state index >= 15 is 0 Å². The second kappa shape index (κ2) is 9.90. The van der Waals surface area contributed by atoms with Crippen LogP contribution in [0, 0.1) is 0 Å². The van der Waals surface area contributed by atoms with E-state index < -0.39 is 0 Å². The minimum Gasteiger partial charge on any atom is -0.338 e. The summed E-state index contributed by atoms with van der Waals surface area (Å²) in [6, 6.07) is 7.92. The number of nitrogens with zero attached hydrogens (tertiary/aromatic N) is 4. The van der Waals surface area contributed by atoms with Crippen molar-refractivity contribution in [2.24, 2.45) is 0 Å². The maximum atomic E-state index is 12.8. The van der Waals surface area contributed by atoms with E-state index in [4.69, 9.17) is 0 Å². The fourth-order valence-electron chi connectivity index (χ4n) is 2.62. The second-order valence-electron chi connectivity index (χ2n) is 6.28. The van der Waals surface area contributed by atoms with Crippen LogP contribution in [-0.2, 0) is 11.3 Å². The molecule has 0 bridgehead atoms. The molecule has 2 aromatic rings. The third kappa shape index (κ3) is 5.56. The number of rotatable bonds is 9. The molecule has 0 saturated carbocycles. The number of amides is 1. The van der Waals surface area contributed by atoms with Gasteiger partial charge in [0.1, 0.15) is 0 Å². The van der Waals surface area contributed by atoms with E-state index in [0.717, 1.165) is 21.4 Å². The van der Waals surface area contributed by atoms with Gasteiger partial charge in [-0.2, -0.15) is 0 Å². The van der Waals surface area contributed by atoms with E-state index in [9.17, 15) is 4.79 Å². The van der Waals surface area contributed by atoms with Gasteiger partial charge in [0.15, 0.2) is 11.0 Å². The Bertz CT molecular complexity index is 816. The number of halogens is 1. The fraction of sp³-hybridized carbons (Fsp3) is 0.350. The van der Waals surface area contributed by atoms with Crippen molar-refractivity contribution in [1.82, 2.24) is 19.7 Å². The van der Waals surface area contributed by atoms with Crippen LogP contribution >= 0.6 is 27.7 Å². The predicted molar refractivity (Wildman–Crippen MR) is 116 cm³/mol. The number of hydrogen-bond donors (Lipinski definition) is 0. The van der Waals surface area contributed by atoms with Crippen LogP contribution in [0.1, 0.15) is 20.8 Å². The van der Waals surface area contributed by atoms with Gasteiger partial charge in [0.25, 0.3) is 0 Å². The summed E-state index contributed by atoms with van der Waals surface area (Å²) in [6.07, 6.45) is 1.81. The molecule has 0 saturated heterocycles. The Morgan fingerprint density at radius 3 is 2.59 bits per heavy atom. The summed E-state index contributed by atoms with van der Waals surface area (Å²) < 4.78 is 2.99. The van der Waals surface area contributed by atoms with Crippen molar-refractivity contribution in [1.29, 1.82) is 0 Å². The summed E-state index contributed by atoms with van der Waals surface area (Å²) in [7, 11) is 0. The highest BCUT2D eigenvalue weighted by Crippen LogP contribution is 2.28. The van der Waals surface area contributed by atoms with Crippen LogP contribution in [0.15, 0.2) is 58.7 Å². The predicted octanol–water partition coefficient (Wildman–Crippen LogP) is 4.80. The summed E-state index contributed by atoms with van der Waals surface area (Å²) in [6.45, 7) is 15.4. The van der Waals surface area contributed by atoms with Crippen molar-refractivity contribution >= 4 is 33.6 Å². The largest absolute Gasteiger partial charge is 0.338 e. The molecule has 1 aromatic carbocycles. The average Bonchev–Trinajstić information content (AvgIpc) is 3.02. The maximum Gasteiger partial charge on any atom is 0.236 e. The number of aromatic nitrogens is 3. The third-order valence-electron chi connectivity index (χ3n) is 3.92. The molecule has 0 N–H and O–H groups in total. The van der Waals surface area contributed by atoms with Crippen LogP contribution in [0.2, 0.25) is 0 Å². The van der Waals surface area contributed by atoms with Gasteiger partial charge >= 0.3 is 0 Å². The van der Waals surface area contributed by atoms with E-state index in [1.165, 1.54) is 11.8 Å². The fourth-order valence-corrected chi connectivity index (χ4v) is 3.83. The molecular formula is C20H25BrN4OS. The molecule has 0 aliphatic carbocycles. The molecular weight excluding hydrogens is 424 g/mol. The first-order chi connectivity index (χ1) is 12.9. The Morgan fingerprint density at radius 2 is 2.04 bits per heavy atom. The second-order valence-corrected chi connectivity index (χ2v) is 8.51. The van der Waals surface area contributed by atoms with Crippen molar-refractivity contribution in [3.05, 3.63) is 53.5 Å². The van der Waals surface area contributed by atoms with Gasteiger partial charge in [-0.25, -0.2) is 0 Å². The highest BCUT2D eigenvalue weighted by Gasteiger charge is 2.24. The molecule has 0 radical (unpaired) electrons. The molecule has 0 spiro atoms. The molecule has 2 rings (SSSR count). The Hall–Kier alpha value is -1.86. The van der Waals surface area contributed by atoms with E-state index in [0.29, 0.717) is 24.8 Å². The topological polar surface area (TPSA) is 51.0 Å². The normalized spacial score (nSPS) is 11.9. The lowest BCUT2D eigenvalue weighted by molar-refractivity contribution is -0.129. The van der Waals surface area contributed by atoms with Gasteiger partial charge in [-0.05, 0) is 32.9 Å². The number of hydrogen-bond acceptors (Lipinski definition) is 4. The first-order valence-corrected chi connectivity index (χ1v) is 10.4. The van der Waals surface area contributed by atoms with Crippen molar-refractivity contribution in [3.8, 4) is 11.4 Å². The molecule has 1 unspecified atom stereocenters. The van der Waals surface area contributed by atoms with Crippen LogP contribution in [0.25, 0.3) is 11.4 Å². The first-order valence-electron chi connectivity index (χ1n) is 8.77. The van der Waals surface area contributed by atoms with E-state index in [1.54, 1.807) is 0 Å². The molecule has 1 heterocycles. The van der Waals surface area contributed by atoms with Crippen LogP contribution in [0.5, 0.6) is 0 Å². The van der Waals surface area contributed by atoms with Crippen LogP contribution in [-0.4, -0.2) is 43.9 Å². The molecule has 0 aliphatic rings. The number of carbonyl (C=O) groups is 1. The Balaban J connectivity index is 2.25. The number of carbonyl (C=O) groups excluding carboxylic acids is 1. The van der Waals surface area contributed by atoms with Crippen molar-refractivity contribution in [2.75, 3.05) is 13.1 Å². The number of allylic oxidation sites excluding steroid dienone is 1. The maximum absolute atomic E-state index is 12.8. The number of thioether (sulfide) groups is 1. The van der Waals surface area contributed by atoms with E-state index in [1.807, 2.05) is 60.6 Å². The third-order valence-corrected chi connectivity index (χ3v) is 5.51. The zero-order valence-corrected chi connectivity index (χ0v) is 18.4. The quantitative estimate of drug-likeness (QED) is 0.408. The molecule has 144 valence electrons. The summed E-state index contributed by atoms with van der Waals surface area (Å²) in [5, 5.41) is 9.12. The van der Waals surface area contributed by atoms with Crippen molar-refractivity contribution < 1.29 is 4.79 Å². The number of likely N-dealkylation sites (N-methyl/N-ethyl adjacent to an activating group) is 1. The standard InChI is InChI=1S/C20H25BrN4OS/c1-6-12-25-18(16-8-10-17(21)11-9-16)22-23-20(25)27-15(5)19(26)24(7-2)13-14(3)4/h6,8-11,15H,1,3,7,12-13H2,2,4-5H3. The van der Waals surface area contributed by atoms with Gasteiger partial charge in [-0.3, -0.25) is 9.36 Å². The van der Waals surface area contributed by atoms with Crippen LogP contribution in [0.3, 0.4) is 0 Å². The molecule has 5 nitrogen and oxygen atoms in total. The lowest BCUT2D eigenvalue weighted by Crippen LogP contribution is -2.37. The molecule has 0 aliphatic heterocycles. The SMILES string of the molecule is C=CCn1c(SC(C)C(=O)N(CC)CC(=C)C)nnc1-c1ccc(Br)cc1. The highest BCUT2D eigenvalue weighted by atomic mass is 79.9. The zero-order chi connectivity index (χ0) is 20.0. The summed E-state index contributed by atoms with van der Waals surface area (Å²) in [4.78, 5) is 14.6. The zero-order valence-electron chi connectivity index (χ0n) is 16.0. The molecule has 7 heteroatoms. The minimum absolute atomic E-state index is 0.0730. The van der Waals surface area contributed by atoms with Crippen molar-refractivity contribution in [3.63, 3.8) is 0 Å². The lowest BCUT2D eigenvalue weighted by atomic mass is 10.2. The van der Waals surface area contributed by atoms with E-state index in [2.05, 4.69) is 39.3 Å². The number of benzene rings is 1. The summed E-state index contributed by atoms with van der Waals surface area (Å²) in [5.41, 5.74) is 1.94. The summed E-state index contributed by atoms with van der Waals surface area (Å²) >= 11 is 4.87. The van der Waals surface area contributed by atoms with Gasteiger partial charge in [0, 0.05) is 29.7 Å². The van der Waals surface area contributed by atoms with Gasteiger partial charge in [0.05, 0.1) is 5.25 Å². The minimum atomic E-state index is -0.269. The Kier molecular flexibility index (Phi) is 7.86. The van der Waals surface area contributed by atoms with Gasteiger partial charge < -0.3 is 4.90 Å². The summed E-state index contributed by atoms with van der Waals surface area (Å²) in [5.74, 6) is 0.836. The van der Waals surface area contributed by atoms with E-state index in [-0.39, 0.29) is 11.2 Å². The van der Waals surface area contributed by atoms with Gasteiger partial charge in [-0.1, -0.05) is 58.1 Å². The molecule has 1 amide bonds. The lowest BCUT2D eigenvalue weighted by Gasteiger charge is -2.24. The molecule has 27 heavy (non-hydrogen) atoms. The first kappa shape index (κ1) is 21.4. The van der Waals surface area contributed by atoms with Gasteiger partial charge in [-0.15, -0.1) is 16.8 Å². The van der Waals surface area contributed by atoms with Crippen LogP contribution in [0.4, 0.5) is 0 Å². The van der Waals surface area contributed by atoms with Crippen molar-refractivity contribution in [2.45, 2.75) is 37.7 Å².